The van der Waals surface area contributed by atoms with Crippen LogP contribution in [0.25, 0.3) is 6.08 Å². The van der Waals surface area contributed by atoms with Gasteiger partial charge in [-0.05, 0) is 55.0 Å². The predicted molar refractivity (Wildman–Crippen MR) is 66.2 cm³/mol. The molecule has 78 valence electrons. The van der Waals surface area contributed by atoms with Crippen LogP contribution in [0.1, 0.15) is 42.4 Å². The molecule has 0 radical (unpaired) electrons. The van der Waals surface area contributed by atoms with E-state index in [0.717, 1.165) is 5.56 Å². The van der Waals surface area contributed by atoms with Crippen LogP contribution in [0.5, 0.6) is 0 Å². The summed E-state index contributed by atoms with van der Waals surface area (Å²) in [5.41, 5.74) is 6.70. The molecule has 0 amide bonds. The lowest BCUT2D eigenvalue weighted by molar-refractivity contribution is 1.10. The third kappa shape index (κ3) is 1.59. The minimum atomic E-state index is 0.680. The molecule has 0 atom stereocenters. The van der Waals surface area contributed by atoms with Gasteiger partial charge in [0.15, 0.2) is 0 Å². The highest BCUT2D eigenvalue weighted by Gasteiger charge is 2.27. The van der Waals surface area contributed by atoms with E-state index in [1.165, 1.54) is 33.8 Å². The summed E-state index contributed by atoms with van der Waals surface area (Å²) >= 11 is 1.72. The first-order valence-electron chi connectivity index (χ1n) is 5.47. The Morgan fingerprint density at radius 2 is 2.25 bits per heavy atom. The maximum absolute atomic E-state index is 9.04. The molecule has 1 saturated carbocycles. The SMILES string of the molecule is CC1=C=Cc2c(cc(C#N)cc2C2CC2)S1. The van der Waals surface area contributed by atoms with Gasteiger partial charge in [-0.3, -0.25) is 0 Å². The first-order chi connectivity index (χ1) is 7.78. The van der Waals surface area contributed by atoms with E-state index in [-0.39, 0.29) is 0 Å². The van der Waals surface area contributed by atoms with Crippen LogP contribution in [-0.2, 0) is 0 Å². The fourth-order valence-electron chi connectivity index (χ4n) is 2.05. The molecule has 0 aromatic heterocycles. The van der Waals surface area contributed by atoms with E-state index in [1.807, 2.05) is 6.07 Å². The van der Waals surface area contributed by atoms with Crippen LogP contribution in [0.2, 0.25) is 0 Å². The predicted octanol–water partition coefficient (Wildman–Crippen LogP) is 4.06. The maximum Gasteiger partial charge on any atom is 0.0992 e. The molecular weight excluding hydrogens is 214 g/mol. The van der Waals surface area contributed by atoms with Crippen molar-refractivity contribution in [3.8, 4) is 6.07 Å². The highest BCUT2D eigenvalue weighted by molar-refractivity contribution is 8.03. The van der Waals surface area contributed by atoms with Crippen molar-refractivity contribution < 1.29 is 0 Å². The first kappa shape index (κ1) is 9.78. The number of thioether (sulfide) groups is 1. The smallest absolute Gasteiger partial charge is 0.0992 e. The van der Waals surface area contributed by atoms with Crippen molar-refractivity contribution in [2.24, 2.45) is 0 Å². The summed E-state index contributed by atoms with van der Waals surface area (Å²) in [6, 6.07) is 6.30. The van der Waals surface area contributed by atoms with Crippen LogP contribution < -0.4 is 0 Å². The third-order valence-corrected chi connectivity index (χ3v) is 3.98. The Labute approximate surface area is 99.5 Å². The number of benzene rings is 1. The highest BCUT2D eigenvalue weighted by atomic mass is 32.2. The zero-order valence-corrected chi connectivity index (χ0v) is 9.90. The Balaban J connectivity index is 2.22. The molecule has 0 bridgehead atoms. The van der Waals surface area contributed by atoms with Crippen LogP contribution in [-0.4, -0.2) is 0 Å². The fraction of sp³-hybridized carbons (Fsp3) is 0.286. The molecule has 0 spiro atoms. The zero-order valence-electron chi connectivity index (χ0n) is 9.08. The van der Waals surface area contributed by atoms with Gasteiger partial charge in [0.25, 0.3) is 0 Å². The number of fused-ring (bicyclic) bond motifs is 1. The van der Waals surface area contributed by atoms with Crippen LogP contribution in [0, 0.1) is 11.3 Å². The van der Waals surface area contributed by atoms with Gasteiger partial charge in [0.1, 0.15) is 0 Å². The summed E-state index contributed by atoms with van der Waals surface area (Å²) in [7, 11) is 0. The van der Waals surface area contributed by atoms with Crippen LogP contribution in [0.15, 0.2) is 27.7 Å². The van der Waals surface area contributed by atoms with Crippen LogP contribution in [0.3, 0.4) is 0 Å². The van der Waals surface area contributed by atoms with E-state index in [0.29, 0.717) is 5.92 Å². The Hall–Kier alpha value is -1.42. The van der Waals surface area contributed by atoms with E-state index in [9.17, 15) is 0 Å². The largest absolute Gasteiger partial charge is 0.192 e. The van der Waals surface area contributed by atoms with Crippen LogP contribution >= 0.6 is 11.8 Å². The molecule has 1 aromatic carbocycles. The molecule has 0 saturated heterocycles. The molecule has 2 aliphatic rings. The van der Waals surface area contributed by atoms with Crippen LogP contribution in [0.4, 0.5) is 0 Å². The minimum absolute atomic E-state index is 0.680. The number of allylic oxidation sites excluding steroid dienone is 1. The van der Waals surface area contributed by atoms with Crippen molar-refractivity contribution in [1.82, 2.24) is 0 Å². The molecule has 1 aliphatic heterocycles. The zero-order chi connectivity index (χ0) is 11.1. The number of hydrogen-bond donors (Lipinski definition) is 0. The lowest BCUT2D eigenvalue weighted by atomic mass is 10.00. The van der Waals surface area contributed by atoms with Gasteiger partial charge < -0.3 is 0 Å². The average molecular weight is 225 g/mol. The number of nitriles is 1. The Bertz CT molecular complexity index is 567. The standard InChI is InChI=1S/C14H11NS/c1-9-2-5-12-13(11-3-4-11)6-10(8-15)7-14(12)16-9/h5-7,11H,3-4H2,1H3. The van der Waals surface area contributed by atoms with E-state index in [1.54, 1.807) is 11.8 Å². The van der Waals surface area contributed by atoms with Crippen molar-refractivity contribution in [3.05, 3.63) is 39.5 Å². The summed E-state index contributed by atoms with van der Waals surface area (Å²) in [6.45, 7) is 2.06. The molecular formula is C14H11NS. The summed E-state index contributed by atoms with van der Waals surface area (Å²) < 4.78 is 0. The van der Waals surface area contributed by atoms with Gasteiger partial charge in [0.2, 0.25) is 0 Å². The Morgan fingerprint density at radius 1 is 1.44 bits per heavy atom. The molecule has 1 heterocycles. The second-order valence-corrected chi connectivity index (χ2v) is 5.57. The molecule has 3 rings (SSSR count). The third-order valence-electron chi connectivity index (χ3n) is 3.00. The minimum Gasteiger partial charge on any atom is -0.192 e. The monoisotopic (exact) mass is 225 g/mol. The second-order valence-electron chi connectivity index (χ2n) is 4.31. The molecule has 0 unspecified atom stereocenters. The molecule has 16 heavy (non-hydrogen) atoms. The summed E-state index contributed by atoms with van der Waals surface area (Å²) in [5.74, 6) is 0.680. The van der Waals surface area contributed by atoms with Gasteiger partial charge in [0.05, 0.1) is 11.6 Å². The second kappa shape index (κ2) is 3.56. The van der Waals surface area contributed by atoms with E-state index in [4.69, 9.17) is 5.26 Å². The number of rotatable bonds is 1. The summed E-state index contributed by atoms with van der Waals surface area (Å²) in [6.07, 6.45) is 4.61. The van der Waals surface area contributed by atoms with Gasteiger partial charge in [-0.2, -0.15) is 5.26 Å². The highest BCUT2D eigenvalue weighted by Crippen LogP contribution is 2.46. The van der Waals surface area contributed by atoms with E-state index < -0.39 is 0 Å². The maximum atomic E-state index is 9.04. The molecule has 0 N–H and O–H groups in total. The molecule has 1 nitrogen and oxygen atoms in total. The number of hydrogen-bond acceptors (Lipinski definition) is 2. The van der Waals surface area contributed by atoms with E-state index >= 15 is 0 Å². The van der Waals surface area contributed by atoms with Crippen molar-refractivity contribution in [2.75, 3.05) is 0 Å². The summed E-state index contributed by atoms with van der Waals surface area (Å²) in [5, 5.41) is 9.04. The van der Waals surface area contributed by atoms with Gasteiger partial charge >= 0.3 is 0 Å². The summed E-state index contributed by atoms with van der Waals surface area (Å²) in [4.78, 5) is 2.39. The number of nitrogens with zero attached hydrogens (tertiary/aromatic N) is 1. The topological polar surface area (TPSA) is 23.8 Å². The van der Waals surface area contributed by atoms with Crippen molar-refractivity contribution in [1.29, 1.82) is 5.26 Å². The molecule has 1 fully saturated rings. The van der Waals surface area contributed by atoms with Gasteiger partial charge in [-0.15, -0.1) is 5.73 Å². The average Bonchev–Trinajstić information content (AvgIpc) is 3.10. The van der Waals surface area contributed by atoms with Crippen molar-refractivity contribution in [2.45, 2.75) is 30.6 Å². The Morgan fingerprint density at radius 3 is 2.94 bits per heavy atom. The lowest BCUT2D eigenvalue weighted by Crippen LogP contribution is -1.94. The van der Waals surface area contributed by atoms with Gasteiger partial charge in [-0.25, -0.2) is 0 Å². The van der Waals surface area contributed by atoms with Crippen molar-refractivity contribution in [3.63, 3.8) is 0 Å². The van der Waals surface area contributed by atoms with Crippen molar-refractivity contribution >= 4 is 17.8 Å². The van der Waals surface area contributed by atoms with E-state index in [2.05, 4.69) is 30.9 Å². The van der Waals surface area contributed by atoms with Gasteiger partial charge in [-0.1, -0.05) is 11.8 Å². The quantitative estimate of drug-likeness (QED) is 0.673. The Kier molecular flexibility index (Phi) is 2.17. The molecule has 1 aromatic rings. The molecule has 1 aliphatic carbocycles. The van der Waals surface area contributed by atoms with Gasteiger partial charge in [0, 0.05) is 9.80 Å². The lowest BCUT2D eigenvalue weighted by Gasteiger charge is -2.14. The molecule has 2 heteroatoms. The first-order valence-corrected chi connectivity index (χ1v) is 6.29. The normalized spacial score (nSPS) is 17.6. The fourth-order valence-corrected chi connectivity index (χ4v) is 2.97.